The summed E-state index contributed by atoms with van der Waals surface area (Å²) in [6.07, 6.45) is 7.01. The minimum absolute atomic E-state index is 0.00722. The lowest BCUT2D eigenvalue weighted by atomic mass is 10.2. The van der Waals surface area contributed by atoms with Crippen LogP contribution >= 0.6 is 11.8 Å². The molecule has 1 heterocycles. The molecule has 0 aliphatic heterocycles. The van der Waals surface area contributed by atoms with Crippen molar-refractivity contribution in [2.45, 2.75) is 57.9 Å². The molecule has 4 nitrogen and oxygen atoms in total. The van der Waals surface area contributed by atoms with Gasteiger partial charge < -0.3 is 9.88 Å². The molecule has 1 saturated carbocycles. The Balaban J connectivity index is 2.01. The Morgan fingerprint density at radius 3 is 3.00 bits per heavy atom. The standard InChI is InChI=1S/C15H25N3OS/c1-4-20-13-6-5-12(9-13)17-14-15(19)18(8-7-16-14)10-11(2)3/h7-8,11-13H,4-6,9-10H2,1-3H3,(H,16,17). The zero-order valence-electron chi connectivity index (χ0n) is 12.6. The minimum atomic E-state index is 0.00722. The predicted octanol–water partition coefficient (Wildman–Crippen LogP) is 2.99. The SMILES string of the molecule is CCSC1CCC(Nc2nccn(CC(C)C)c2=O)C1. The van der Waals surface area contributed by atoms with E-state index in [-0.39, 0.29) is 5.56 Å². The van der Waals surface area contributed by atoms with Crippen molar-refractivity contribution in [3.63, 3.8) is 0 Å². The van der Waals surface area contributed by atoms with E-state index >= 15 is 0 Å². The molecule has 0 radical (unpaired) electrons. The third kappa shape index (κ3) is 4.01. The summed E-state index contributed by atoms with van der Waals surface area (Å²) in [5.41, 5.74) is 0.00722. The summed E-state index contributed by atoms with van der Waals surface area (Å²) in [7, 11) is 0. The van der Waals surface area contributed by atoms with Crippen LogP contribution in [0.5, 0.6) is 0 Å². The molecule has 2 atom stereocenters. The van der Waals surface area contributed by atoms with Gasteiger partial charge in [0.25, 0.3) is 5.56 Å². The number of hydrogen-bond donors (Lipinski definition) is 1. The second kappa shape index (κ2) is 7.16. The summed E-state index contributed by atoms with van der Waals surface area (Å²) in [5.74, 6) is 2.14. The summed E-state index contributed by atoms with van der Waals surface area (Å²) in [5, 5.41) is 4.09. The van der Waals surface area contributed by atoms with Crippen LogP contribution in [-0.4, -0.2) is 26.6 Å². The van der Waals surface area contributed by atoms with Gasteiger partial charge in [-0.1, -0.05) is 20.8 Å². The summed E-state index contributed by atoms with van der Waals surface area (Å²) < 4.78 is 1.76. The van der Waals surface area contributed by atoms with E-state index in [1.54, 1.807) is 17.0 Å². The molecule has 20 heavy (non-hydrogen) atoms. The van der Waals surface area contributed by atoms with Gasteiger partial charge >= 0.3 is 0 Å². The second-order valence-electron chi connectivity index (χ2n) is 5.86. The van der Waals surface area contributed by atoms with Gasteiger partial charge in [0.2, 0.25) is 0 Å². The van der Waals surface area contributed by atoms with Crippen LogP contribution in [0.4, 0.5) is 5.82 Å². The first-order valence-corrected chi connectivity index (χ1v) is 8.58. The normalized spacial score (nSPS) is 22.4. The highest BCUT2D eigenvalue weighted by Gasteiger charge is 2.25. The number of nitrogens with one attached hydrogen (secondary N) is 1. The number of nitrogens with zero attached hydrogens (tertiary/aromatic N) is 2. The van der Waals surface area contributed by atoms with Crippen LogP contribution in [0.25, 0.3) is 0 Å². The van der Waals surface area contributed by atoms with E-state index in [1.807, 2.05) is 11.8 Å². The summed E-state index contributed by atoms with van der Waals surface area (Å²) in [4.78, 5) is 16.6. The second-order valence-corrected chi connectivity index (χ2v) is 7.44. The van der Waals surface area contributed by atoms with E-state index in [0.717, 1.165) is 24.6 Å². The maximum Gasteiger partial charge on any atom is 0.293 e. The van der Waals surface area contributed by atoms with Crippen LogP contribution in [0.2, 0.25) is 0 Å². The van der Waals surface area contributed by atoms with Gasteiger partial charge in [-0.2, -0.15) is 11.8 Å². The molecule has 5 heteroatoms. The topological polar surface area (TPSA) is 46.9 Å². The van der Waals surface area contributed by atoms with Crippen molar-refractivity contribution in [3.8, 4) is 0 Å². The van der Waals surface area contributed by atoms with Gasteiger partial charge in [-0.05, 0) is 30.9 Å². The van der Waals surface area contributed by atoms with Gasteiger partial charge in [-0.15, -0.1) is 0 Å². The quantitative estimate of drug-likeness (QED) is 0.876. The largest absolute Gasteiger partial charge is 0.363 e. The number of rotatable bonds is 6. The van der Waals surface area contributed by atoms with Gasteiger partial charge in [0.1, 0.15) is 0 Å². The molecule has 112 valence electrons. The molecule has 1 aromatic heterocycles. The van der Waals surface area contributed by atoms with E-state index in [9.17, 15) is 4.79 Å². The molecule has 2 rings (SSSR count). The van der Waals surface area contributed by atoms with Gasteiger partial charge in [0.15, 0.2) is 5.82 Å². The predicted molar refractivity (Wildman–Crippen MR) is 86.5 cm³/mol. The van der Waals surface area contributed by atoms with Crippen LogP contribution in [0.1, 0.15) is 40.0 Å². The number of anilines is 1. The molecule has 0 amide bonds. The lowest BCUT2D eigenvalue weighted by Crippen LogP contribution is -2.29. The van der Waals surface area contributed by atoms with Crippen LogP contribution in [0.3, 0.4) is 0 Å². The Hall–Kier alpha value is -0.970. The molecule has 1 fully saturated rings. The highest BCUT2D eigenvalue weighted by atomic mass is 32.2. The maximum absolute atomic E-state index is 12.3. The molecule has 1 aliphatic rings. The van der Waals surface area contributed by atoms with Crippen molar-refractivity contribution < 1.29 is 0 Å². The molecule has 0 spiro atoms. The fourth-order valence-corrected chi connectivity index (χ4v) is 3.88. The Morgan fingerprint density at radius 2 is 2.30 bits per heavy atom. The highest BCUT2D eigenvalue weighted by Crippen LogP contribution is 2.30. The van der Waals surface area contributed by atoms with E-state index in [4.69, 9.17) is 0 Å². The fraction of sp³-hybridized carbons (Fsp3) is 0.733. The van der Waals surface area contributed by atoms with Crippen molar-refractivity contribution in [2.24, 2.45) is 5.92 Å². The van der Waals surface area contributed by atoms with E-state index in [2.05, 4.69) is 31.1 Å². The molecular formula is C15H25N3OS. The van der Waals surface area contributed by atoms with Crippen LogP contribution < -0.4 is 10.9 Å². The number of aromatic nitrogens is 2. The monoisotopic (exact) mass is 295 g/mol. The van der Waals surface area contributed by atoms with Crippen molar-refractivity contribution in [1.29, 1.82) is 0 Å². The smallest absolute Gasteiger partial charge is 0.293 e. The average Bonchev–Trinajstić information content (AvgIpc) is 2.82. The zero-order chi connectivity index (χ0) is 14.5. The third-order valence-corrected chi connectivity index (χ3v) is 4.84. The third-order valence-electron chi connectivity index (χ3n) is 3.60. The molecule has 1 aromatic rings. The van der Waals surface area contributed by atoms with Crippen molar-refractivity contribution in [2.75, 3.05) is 11.1 Å². The molecule has 1 aliphatic carbocycles. The van der Waals surface area contributed by atoms with Crippen molar-refractivity contribution >= 4 is 17.6 Å². The summed E-state index contributed by atoms with van der Waals surface area (Å²) in [6.45, 7) is 7.18. The summed E-state index contributed by atoms with van der Waals surface area (Å²) in [6, 6.07) is 0.397. The first kappa shape index (κ1) is 15.4. The first-order chi connectivity index (χ1) is 9.60. The van der Waals surface area contributed by atoms with Gasteiger partial charge in [0.05, 0.1) is 0 Å². The Morgan fingerprint density at radius 1 is 1.50 bits per heavy atom. The van der Waals surface area contributed by atoms with E-state index < -0.39 is 0 Å². The Kier molecular flexibility index (Phi) is 5.52. The van der Waals surface area contributed by atoms with Crippen LogP contribution in [0.15, 0.2) is 17.2 Å². The molecular weight excluding hydrogens is 270 g/mol. The molecule has 2 unspecified atom stereocenters. The van der Waals surface area contributed by atoms with E-state index in [1.165, 1.54) is 12.2 Å². The Labute approximate surface area is 125 Å². The average molecular weight is 295 g/mol. The van der Waals surface area contributed by atoms with Crippen LogP contribution in [0, 0.1) is 5.92 Å². The molecule has 0 bridgehead atoms. The summed E-state index contributed by atoms with van der Waals surface area (Å²) >= 11 is 2.03. The molecule has 1 N–H and O–H groups in total. The van der Waals surface area contributed by atoms with Gasteiger partial charge in [-0.25, -0.2) is 4.98 Å². The lowest BCUT2D eigenvalue weighted by Gasteiger charge is -2.15. The maximum atomic E-state index is 12.3. The van der Waals surface area contributed by atoms with Crippen molar-refractivity contribution in [1.82, 2.24) is 9.55 Å². The highest BCUT2D eigenvalue weighted by molar-refractivity contribution is 7.99. The minimum Gasteiger partial charge on any atom is -0.363 e. The van der Waals surface area contributed by atoms with Gasteiger partial charge in [0, 0.05) is 30.2 Å². The van der Waals surface area contributed by atoms with Crippen LogP contribution in [-0.2, 0) is 6.54 Å². The zero-order valence-corrected chi connectivity index (χ0v) is 13.4. The Bertz CT molecular complexity index is 486. The first-order valence-electron chi connectivity index (χ1n) is 7.53. The lowest BCUT2D eigenvalue weighted by molar-refractivity contribution is 0.509. The van der Waals surface area contributed by atoms with Gasteiger partial charge in [-0.3, -0.25) is 4.79 Å². The van der Waals surface area contributed by atoms with E-state index in [0.29, 0.717) is 17.8 Å². The molecule has 0 aromatic carbocycles. The fourth-order valence-electron chi connectivity index (χ4n) is 2.74. The molecule has 0 saturated heterocycles. The van der Waals surface area contributed by atoms with Crippen molar-refractivity contribution in [3.05, 3.63) is 22.7 Å². The number of hydrogen-bond acceptors (Lipinski definition) is 4. The number of thioether (sulfide) groups is 1.